The maximum atomic E-state index is 13.0. The molecule has 0 aliphatic heterocycles. The number of aryl methyl sites for hydroxylation is 4. The van der Waals surface area contributed by atoms with Crippen LogP contribution in [-0.2, 0) is 14.8 Å². The first-order chi connectivity index (χ1) is 12.5. The number of benzene rings is 2. The molecular weight excluding hydrogens is 360 g/mol. The molecule has 1 atom stereocenters. The molecule has 0 saturated carbocycles. The van der Waals surface area contributed by atoms with Crippen LogP contribution in [-0.4, -0.2) is 26.6 Å². The highest BCUT2D eigenvalue weighted by Crippen LogP contribution is 2.26. The number of rotatable bonds is 6. The predicted molar refractivity (Wildman–Crippen MR) is 112 cm³/mol. The number of sulfonamides is 1. The standard InChI is InChI=1S/C21H28N2O3S/c1-7-20(21(24)22-19-11-8-14(2)12-17(19)5)23(27(6,25)26)18-10-9-15(3)16(4)13-18/h8-13,20H,7H2,1-6H3,(H,22,24). The molecule has 0 fully saturated rings. The van der Waals surface area contributed by atoms with Crippen LogP contribution >= 0.6 is 0 Å². The Bertz CT molecular complexity index is 952. The lowest BCUT2D eigenvalue weighted by Crippen LogP contribution is -2.47. The van der Waals surface area contributed by atoms with E-state index in [1.165, 1.54) is 4.31 Å². The molecule has 0 aliphatic carbocycles. The lowest BCUT2D eigenvalue weighted by atomic mass is 10.1. The maximum absolute atomic E-state index is 13.0. The van der Waals surface area contributed by atoms with Crippen LogP contribution in [0.1, 0.15) is 35.6 Å². The molecule has 1 unspecified atom stereocenters. The quantitative estimate of drug-likeness (QED) is 0.810. The zero-order valence-corrected chi connectivity index (χ0v) is 17.6. The molecule has 27 heavy (non-hydrogen) atoms. The molecule has 0 spiro atoms. The van der Waals surface area contributed by atoms with Crippen LogP contribution < -0.4 is 9.62 Å². The first-order valence-electron chi connectivity index (χ1n) is 8.99. The normalized spacial score (nSPS) is 12.5. The molecule has 1 N–H and O–H groups in total. The van der Waals surface area contributed by atoms with E-state index in [9.17, 15) is 13.2 Å². The Hall–Kier alpha value is -2.34. The smallest absolute Gasteiger partial charge is 0.248 e. The Balaban J connectivity index is 2.42. The molecule has 2 aromatic carbocycles. The molecule has 2 rings (SSSR count). The third kappa shape index (κ3) is 4.89. The molecule has 0 heterocycles. The van der Waals surface area contributed by atoms with E-state index in [-0.39, 0.29) is 5.91 Å². The minimum atomic E-state index is -3.64. The molecule has 5 nitrogen and oxygen atoms in total. The van der Waals surface area contributed by atoms with Crippen molar-refractivity contribution in [3.8, 4) is 0 Å². The number of hydrogen-bond donors (Lipinski definition) is 1. The van der Waals surface area contributed by atoms with Crippen molar-refractivity contribution in [2.75, 3.05) is 15.9 Å². The molecule has 0 saturated heterocycles. The fraction of sp³-hybridized carbons (Fsp3) is 0.381. The molecular formula is C21H28N2O3S. The Morgan fingerprint density at radius 2 is 1.67 bits per heavy atom. The average molecular weight is 389 g/mol. The van der Waals surface area contributed by atoms with E-state index in [1.54, 1.807) is 6.07 Å². The summed E-state index contributed by atoms with van der Waals surface area (Å²) < 4.78 is 26.3. The van der Waals surface area contributed by atoms with Crippen LogP contribution in [0.3, 0.4) is 0 Å². The monoisotopic (exact) mass is 388 g/mol. The number of carbonyl (C=O) groups is 1. The van der Waals surface area contributed by atoms with E-state index in [2.05, 4.69) is 5.32 Å². The second kappa shape index (κ2) is 8.13. The number of nitrogens with zero attached hydrogens (tertiary/aromatic N) is 1. The van der Waals surface area contributed by atoms with Gasteiger partial charge in [-0.25, -0.2) is 8.42 Å². The summed E-state index contributed by atoms with van der Waals surface area (Å²) in [6.07, 6.45) is 1.49. The van der Waals surface area contributed by atoms with E-state index in [0.717, 1.165) is 28.5 Å². The van der Waals surface area contributed by atoms with Gasteiger partial charge in [0.2, 0.25) is 15.9 Å². The minimum Gasteiger partial charge on any atom is -0.324 e. The van der Waals surface area contributed by atoms with Gasteiger partial charge < -0.3 is 5.32 Å². The van der Waals surface area contributed by atoms with E-state index >= 15 is 0 Å². The van der Waals surface area contributed by atoms with Crippen LogP contribution in [0.2, 0.25) is 0 Å². The topological polar surface area (TPSA) is 66.5 Å². The lowest BCUT2D eigenvalue weighted by molar-refractivity contribution is -0.117. The summed E-state index contributed by atoms with van der Waals surface area (Å²) in [4.78, 5) is 13.0. The molecule has 0 aromatic heterocycles. The van der Waals surface area contributed by atoms with E-state index < -0.39 is 16.1 Å². The summed E-state index contributed by atoms with van der Waals surface area (Å²) in [5.74, 6) is -0.340. The van der Waals surface area contributed by atoms with E-state index in [1.807, 2.05) is 65.0 Å². The van der Waals surface area contributed by atoms with Crippen molar-refractivity contribution < 1.29 is 13.2 Å². The summed E-state index contributed by atoms with van der Waals surface area (Å²) in [6.45, 7) is 9.61. The second-order valence-electron chi connectivity index (χ2n) is 7.06. The zero-order valence-electron chi connectivity index (χ0n) is 16.8. The number of anilines is 2. The van der Waals surface area contributed by atoms with E-state index in [4.69, 9.17) is 0 Å². The van der Waals surface area contributed by atoms with Crippen molar-refractivity contribution in [1.82, 2.24) is 0 Å². The first kappa shape index (κ1) is 21.0. The lowest BCUT2D eigenvalue weighted by Gasteiger charge is -2.30. The van der Waals surface area contributed by atoms with Gasteiger partial charge in [0.1, 0.15) is 6.04 Å². The van der Waals surface area contributed by atoms with Gasteiger partial charge in [0, 0.05) is 5.69 Å². The van der Waals surface area contributed by atoms with Gasteiger partial charge >= 0.3 is 0 Å². The molecule has 0 aliphatic rings. The number of hydrogen-bond acceptors (Lipinski definition) is 3. The highest BCUT2D eigenvalue weighted by atomic mass is 32.2. The van der Waals surface area contributed by atoms with Crippen molar-refractivity contribution in [3.63, 3.8) is 0 Å². The van der Waals surface area contributed by atoms with Gasteiger partial charge in [-0.15, -0.1) is 0 Å². The highest BCUT2D eigenvalue weighted by Gasteiger charge is 2.31. The van der Waals surface area contributed by atoms with Crippen LogP contribution in [0.4, 0.5) is 11.4 Å². The van der Waals surface area contributed by atoms with Gasteiger partial charge in [-0.1, -0.05) is 30.7 Å². The first-order valence-corrected chi connectivity index (χ1v) is 10.8. The molecule has 146 valence electrons. The van der Waals surface area contributed by atoms with Crippen LogP contribution in [0.15, 0.2) is 36.4 Å². The van der Waals surface area contributed by atoms with Gasteiger partial charge in [0.25, 0.3) is 0 Å². The fourth-order valence-corrected chi connectivity index (χ4v) is 4.30. The molecule has 0 radical (unpaired) electrons. The largest absolute Gasteiger partial charge is 0.324 e. The van der Waals surface area contributed by atoms with Crippen molar-refractivity contribution >= 4 is 27.3 Å². The van der Waals surface area contributed by atoms with Crippen LogP contribution in [0.5, 0.6) is 0 Å². The third-order valence-corrected chi connectivity index (χ3v) is 5.89. The van der Waals surface area contributed by atoms with Crippen molar-refractivity contribution in [2.24, 2.45) is 0 Å². The predicted octanol–water partition coefficient (Wildman–Crippen LogP) is 4.10. The van der Waals surface area contributed by atoms with E-state index in [0.29, 0.717) is 17.8 Å². The second-order valence-corrected chi connectivity index (χ2v) is 8.92. The summed E-state index contributed by atoms with van der Waals surface area (Å²) in [5, 5.41) is 2.89. The van der Waals surface area contributed by atoms with Crippen molar-refractivity contribution in [1.29, 1.82) is 0 Å². The molecule has 6 heteroatoms. The zero-order chi connectivity index (χ0) is 20.4. The van der Waals surface area contributed by atoms with Gasteiger partial charge in [-0.3, -0.25) is 9.10 Å². The van der Waals surface area contributed by atoms with Crippen molar-refractivity contribution in [3.05, 3.63) is 58.7 Å². The number of amides is 1. The fourth-order valence-electron chi connectivity index (χ4n) is 3.09. The summed E-state index contributed by atoms with van der Waals surface area (Å²) in [5.41, 5.74) is 5.28. The molecule has 1 amide bonds. The third-order valence-electron chi connectivity index (χ3n) is 4.71. The highest BCUT2D eigenvalue weighted by molar-refractivity contribution is 7.92. The number of nitrogens with one attached hydrogen (secondary N) is 1. The Kier molecular flexibility index (Phi) is 6.31. The van der Waals surface area contributed by atoms with Gasteiger partial charge in [0.05, 0.1) is 11.9 Å². The Morgan fingerprint density at radius 3 is 2.19 bits per heavy atom. The van der Waals surface area contributed by atoms with Crippen molar-refractivity contribution in [2.45, 2.75) is 47.1 Å². The minimum absolute atomic E-state index is 0.340. The molecule has 2 aromatic rings. The Labute approximate surface area is 162 Å². The van der Waals surface area contributed by atoms with Crippen LogP contribution in [0.25, 0.3) is 0 Å². The summed E-state index contributed by atoms with van der Waals surface area (Å²) in [7, 11) is -3.64. The summed E-state index contributed by atoms with van der Waals surface area (Å²) >= 11 is 0. The average Bonchev–Trinajstić information content (AvgIpc) is 2.56. The molecule has 0 bridgehead atoms. The van der Waals surface area contributed by atoms with Crippen LogP contribution in [0, 0.1) is 27.7 Å². The Morgan fingerprint density at radius 1 is 1.00 bits per heavy atom. The number of carbonyl (C=O) groups excluding carboxylic acids is 1. The SMILES string of the molecule is CCC(C(=O)Nc1ccc(C)cc1C)N(c1ccc(C)c(C)c1)S(C)(=O)=O. The summed E-state index contributed by atoms with van der Waals surface area (Å²) in [6, 6.07) is 10.3. The van der Waals surface area contributed by atoms with Gasteiger partial charge in [-0.2, -0.15) is 0 Å². The maximum Gasteiger partial charge on any atom is 0.248 e. The van der Waals surface area contributed by atoms with Gasteiger partial charge in [0.15, 0.2) is 0 Å². The van der Waals surface area contributed by atoms with Gasteiger partial charge in [-0.05, 0) is 69.0 Å².